The summed E-state index contributed by atoms with van der Waals surface area (Å²) < 4.78 is 37.7. The fourth-order valence-electron chi connectivity index (χ4n) is 6.63. The lowest BCUT2D eigenvalue weighted by Crippen LogP contribution is -2.47. The topological polar surface area (TPSA) is 81.3 Å². The molecular weight excluding hydrogens is 561 g/mol. The minimum Gasteiger partial charge on any atom is -0.479 e. The van der Waals surface area contributed by atoms with Crippen LogP contribution in [0.25, 0.3) is 0 Å². The monoisotopic (exact) mass is 611 g/mol. The number of nitrogens with one attached hydrogen (secondary N) is 2. The number of fused-ring (bicyclic) bond motifs is 1. The molecule has 0 spiro atoms. The first-order valence-corrected chi connectivity index (χ1v) is 16.4. The Morgan fingerprint density at radius 1 is 1.18 bits per heavy atom. The van der Waals surface area contributed by atoms with Crippen LogP contribution in [0.2, 0.25) is 0 Å². The molecule has 3 heterocycles. The van der Waals surface area contributed by atoms with Gasteiger partial charge < -0.3 is 34.5 Å². The van der Waals surface area contributed by atoms with Gasteiger partial charge in [-0.05, 0) is 86.8 Å². The Balaban J connectivity index is 1.11. The van der Waals surface area contributed by atoms with Gasteiger partial charge in [-0.15, -0.1) is 0 Å². The number of hydrogen-bond acceptors (Lipinski definition) is 7. The first-order valence-electron chi connectivity index (χ1n) is 16.4. The van der Waals surface area contributed by atoms with Crippen LogP contribution in [0.1, 0.15) is 63.5 Å². The van der Waals surface area contributed by atoms with Crippen LogP contribution >= 0.6 is 0 Å². The van der Waals surface area contributed by atoms with Crippen LogP contribution in [0.4, 0.5) is 10.1 Å². The zero-order valence-corrected chi connectivity index (χ0v) is 26.6. The number of hydrogen-bond donors (Lipinski definition) is 2. The molecule has 1 amide bonds. The molecule has 0 radical (unpaired) electrons. The van der Waals surface area contributed by atoms with Gasteiger partial charge in [0.2, 0.25) is 5.91 Å². The van der Waals surface area contributed by atoms with Crippen molar-refractivity contribution in [3.63, 3.8) is 0 Å². The van der Waals surface area contributed by atoms with Crippen molar-refractivity contribution in [3.8, 4) is 5.75 Å². The van der Waals surface area contributed by atoms with E-state index in [1.165, 1.54) is 6.07 Å². The molecule has 9 heteroatoms. The largest absolute Gasteiger partial charge is 0.479 e. The second kappa shape index (κ2) is 15.5. The van der Waals surface area contributed by atoms with Crippen LogP contribution in [0.5, 0.6) is 5.75 Å². The van der Waals surface area contributed by atoms with Gasteiger partial charge in [-0.25, -0.2) is 4.39 Å². The number of methoxy groups -OCH3 is 1. The maximum Gasteiger partial charge on any atom is 0.222 e. The van der Waals surface area contributed by atoms with Crippen molar-refractivity contribution in [1.82, 2.24) is 10.6 Å². The molecule has 0 aliphatic carbocycles. The van der Waals surface area contributed by atoms with Gasteiger partial charge in [0.05, 0.1) is 24.9 Å². The van der Waals surface area contributed by atoms with E-state index in [0.717, 1.165) is 93.9 Å². The molecular formula is C35H50FN3O5. The zero-order valence-electron chi connectivity index (χ0n) is 26.6. The molecule has 0 saturated carbocycles. The number of benzene rings is 2. The minimum atomic E-state index is -0.673. The summed E-state index contributed by atoms with van der Waals surface area (Å²) in [6.07, 6.45) is 5.87. The highest BCUT2D eigenvalue weighted by atomic mass is 19.1. The van der Waals surface area contributed by atoms with Gasteiger partial charge in [-0.2, -0.15) is 0 Å². The van der Waals surface area contributed by atoms with Crippen molar-refractivity contribution in [2.24, 2.45) is 11.8 Å². The van der Waals surface area contributed by atoms with Crippen molar-refractivity contribution < 1.29 is 28.1 Å². The van der Waals surface area contributed by atoms with E-state index >= 15 is 0 Å². The number of amides is 1. The Bertz CT molecular complexity index is 1220. The van der Waals surface area contributed by atoms with Crippen molar-refractivity contribution in [2.45, 2.75) is 76.7 Å². The van der Waals surface area contributed by atoms with E-state index in [-0.39, 0.29) is 23.7 Å². The van der Waals surface area contributed by atoms with E-state index in [1.807, 2.05) is 26.0 Å². The van der Waals surface area contributed by atoms with Crippen LogP contribution in [-0.2, 0) is 31.2 Å². The molecule has 5 rings (SSSR count). The van der Waals surface area contributed by atoms with Gasteiger partial charge in [0.25, 0.3) is 0 Å². The first-order chi connectivity index (χ1) is 21.3. The highest BCUT2D eigenvalue weighted by Gasteiger charge is 2.37. The van der Waals surface area contributed by atoms with Gasteiger partial charge in [-0.3, -0.25) is 4.79 Å². The van der Waals surface area contributed by atoms with E-state index in [2.05, 4.69) is 27.7 Å². The van der Waals surface area contributed by atoms with Crippen LogP contribution in [0.15, 0.2) is 42.5 Å². The van der Waals surface area contributed by atoms with Crippen molar-refractivity contribution in [2.75, 3.05) is 58.0 Å². The van der Waals surface area contributed by atoms with Crippen LogP contribution in [0.3, 0.4) is 0 Å². The third kappa shape index (κ3) is 8.71. The number of anilines is 1. The summed E-state index contributed by atoms with van der Waals surface area (Å²) in [4.78, 5) is 15.0. The van der Waals surface area contributed by atoms with E-state index in [4.69, 9.17) is 18.9 Å². The van der Waals surface area contributed by atoms with Gasteiger partial charge in [0.15, 0.2) is 0 Å². The lowest BCUT2D eigenvalue weighted by atomic mass is 9.92. The Morgan fingerprint density at radius 2 is 2.02 bits per heavy atom. The molecule has 3 aliphatic heterocycles. The summed E-state index contributed by atoms with van der Waals surface area (Å²) in [6, 6.07) is 13.2. The predicted molar refractivity (Wildman–Crippen MR) is 169 cm³/mol. The maximum atomic E-state index is 14.1. The van der Waals surface area contributed by atoms with Crippen LogP contribution in [0, 0.1) is 17.7 Å². The lowest BCUT2D eigenvalue weighted by Gasteiger charge is -2.43. The Labute approximate surface area is 262 Å². The molecule has 2 N–H and O–H groups in total. The van der Waals surface area contributed by atoms with Gasteiger partial charge in [0.1, 0.15) is 17.2 Å². The van der Waals surface area contributed by atoms with Crippen LogP contribution < -0.4 is 20.3 Å². The number of ether oxygens (including phenoxy) is 4. The molecule has 0 bridgehead atoms. The summed E-state index contributed by atoms with van der Waals surface area (Å²) >= 11 is 0. The SMILES string of the molecule is COCCCN1CC(C)(c2cccc(F)c2)Oc2ccc(CO[C@@H]3CCC(C[C@@H](C)C(=O)NCC4CCOCC4)NC3)cc21. The molecule has 242 valence electrons. The zero-order chi connectivity index (χ0) is 30.9. The fourth-order valence-corrected chi connectivity index (χ4v) is 6.63. The third-order valence-electron chi connectivity index (χ3n) is 9.35. The standard InChI is InChI=1S/C35H50FN3O5/c1-25(34(40)38-21-26-12-16-42-17-13-26)18-30-9-10-31(22-37-30)43-23-27-8-11-33-32(19-27)39(14-5-15-41-3)24-35(2,44-33)28-6-4-7-29(36)20-28/h4,6-8,11,19-20,25-26,30-31,37H,5,9-10,12-18,21-24H2,1-3H3,(H,38,40)/t25-,30?,31-,35?/m1/s1. The molecule has 2 aromatic rings. The second-order valence-corrected chi connectivity index (χ2v) is 13.0. The lowest BCUT2D eigenvalue weighted by molar-refractivity contribution is -0.125. The third-order valence-corrected chi connectivity index (χ3v) is 9.35. The highest BCUT2D eigenvalue weighted by molar-refractivity contribution is 5.78. The molecule has 2 unspecified atom stereocenters. The molecule has 4 atom stereocenters. The molecule has 2 saturated heterocycles. The number of nitrogens with zero attached hydrogens (tertiary/aromatic N) is 1. The van der Waals surface area contributed by atoms with Crippen molar-refractivity contribution in [3.05, 3.63) is 59.4 Å². The molecule has 8 nitrogen and oxygen atoms in total. The fraction of sp³-hybridized carbons (Fsp3) is 0.629. The van der Waals surface area contributed by atoms with Crippen LogP contribution in [-0.4, -0.2) is 71.2 Å². The minimum absolute atomic E-state index is 0.0165. The summed E-state index contributed by atoms with van der Waals surface area (Å²) in [5.74, 6) is 1.20. The van der Waals surface area contributed by atoms with Gasteiger partial charge in [0, 0.05) is 58.5 Å². The Morgan fingerprint density at radius 3 is 2.77 bits per heavy atom. The number of carbonyl (C=O) groups excluding carboxylic acids is 1. The molecule has 3 aliphatic rings. The Hall–Kier alpha value is -2.72. The summed E-state index contributed by atoms with van der Waals surface area (Å²) in [5.41, 5.74) is 2.27. The van der Waals surface area contributed by atoms with E-state index in [0.29, 0.717) is 31.7 Å². The molecule has 2 aromatic carbocycles. The molecule has 0 aromatic heterocycles. The van der Waals surface area contributed by atoms with E-state index < -0.39 is 5.60 Å². The molecule has 2 fully saturated rings. The van der Waals surface area contributed by atoms with E-state index in [9.17, 15) is 9.18 Å². The van der Waals surface area contributed by atoms with E-state index in [1.54, 1.807) is 19.2 Å². The van der Waals surface area contributed by atoms with Gasteiger partial charge >= 0.3 is 0 Å². The van der Waals surface area contributed by atoms with Gasteiger partial charge in [-0.1, -0.05) is 25.1 Å². The van der Waals surface area contributed by atoms with Crippen molar-refractivity contribution in [1.29, 1.82) is 0 Å². The number of rotatable bonds is 13. The second-order valence-electron chi connectivity index (χ2n) is 13.0. The summed E-state index contributed by atoms with van der Waals surface area (Å²) in [6.45, 7) is 9.79. The number of piperidine rings is 1. The smallest absolute Gasteiger partial charge is 0.222 e. The van der Waals surface area contributed by atoms with Crippen molar-refractivity contribution >= 4 is 11.6 Å². The predicted octanol–water partition coefficient (Wildman–Crippen LogP) is 5.18. The average Bonchev–Trinajstić information content (AvgIpc) is 3.04. The Kier molecular flexibility index (Phi) is 11.5. The highest BCUT2D eigenvalue weighted by Crippen LogP contribution is 2.42. The quantitative estimate of drug-likeness (QED) is 0.302. The summed E-state index contributed by atoms with van der Waals surface area (Å²) in [5, 5.41) is 6.78. The maximum absolute atomic E-state index is 14.1. The molecule has 44 heavy (non-hydrogen) atoms. The first kappa shape index (κ1) is 32.7. The average molecular weight is 612 g/mol. The summed E-state index contributed by atoms with van der Waals surface area (Å²) in [7, 11) is 1.72. The number of halogens is 1. The normalized spacial score (nSPS) is 24.8. The number of carbonyl (C=O) groups is 1.